The van der Waals surface area contributed by atoms with E-state index in [0.717, 1.165) is 42.4 Å². The number of hydrogen-bond donors (Lipinski definition) is 1. The molecule has 1 fully saturated rings. The summed E-state index contributed by atoms with van der Waals surface area (Å²) in [5.41, 5.74) is 0.946. The van der Waals surface area contributed by atoms with Crippen LogP contribution in [0.2, 0.25) is 0 Å². The van der Waals surface area contributed by atoms with Crippen LogP contribution in [0.15, 0.2) is 29.7 Å². The Morgan fingerprint density at radius 3 is 2.92 bits per heavy atom. The van der Waals surface area contributed by atoms with Crippen molar-refractivity contribution in [1.29, 1.82) is 0 Å². The van der Waals surface area contributed by atoms with Gasteiger partial charge in [0.15, 0.2) is 0 Å². The highest BCUT2D eigenvalue weighted by Gasteiger charge is 2.29. The van der Waals surface area contributed by atoms with Gasteiger partial charge >= 0.3 is 0 Å². The lowest BCUT2D eigenvalue weighted by Gasteiger charge is -2.26. The fourth-order valence-electron chi connectivity index (χ4n) is 2.82. The third kappa shape index (κ3) is 4.09. The van der Waals surface area contributed by atoms with E-state index in [1.165, 1.54) is 11.8 Å². The minimum atomic E-state index is -0.261. The number of rotatable bonds is 7. The molecule has 1 N–H and O–H groups in total. The zero-order valence-electron chi connectivity index (χ0n) is 13.6. The summed E-state index contributed by atoms with van der Waals surface area (Å²) in [4.78, 5) is 19.1. The average molecular weight is 347 g/mol. The summed E-state index contributed by atoms with van der Waals surface area (Å²) in [5.74, 6) is 0.751. The van der Waals surface area contributed by atoms with Crippen molar-refractivity contribution in [1.82, 2.24) is 35.4 Å². The highest BCUT2D eigenvalue weighted by atomic mass is 32.2. The average Bonchev–Trinajstić information content (AvgIpc) is 3.25. The number of hydrogen-bond acceptors (Lipinski definition) is 7. The molecule has 2 aromatic rings. The molecule has 128 valence electrons. The van der Waals surface area contributed by atoms with Crippen LogP contribution in [0.5, 0.6) is 0 Å². The maximum absolute atomic E-state index is 12.7. The van der Waals surface area contributed by atoms with E-state index in [0.29, 0.717) is 6.54 Å². The van der Waals surface area contributed by atoms with Crippen LogP contribution in [-0.4, -0.2) is 61.4 Å². The van der Waals surface area contributed by atoms with Crippen molar-refractivity contribution in [3.05, 3.63) is 30.1 Å². The quantitative estimate of drug-likeness (QED) is 0.581. The molecular formula is C15H21N7OS. The number of tetrazole rings is 1. The van der Waals surface area contributed by atoms with Crippen LogP contribution in [0.3, 0.4) is 0 Å². The van der Waals surface area contributed by atoms with Gasteiger partial charge in [-0.1, -0.05) is 17.8 Å². The van der Waals surface area contributed by atoms with Gasteiger partial charge in [0.25, 0.3) is 0 Å². The lowest BCUT2D eigenvalue weighted by molar-refractivity contribution is -0.126. The topological polar surface area (TPSA) is 88.8 Å². The monoisotopic (exact) mass is 347 g/mol. The predicted molar refractivity (Wildman–Crippen MR) is 90.3 cm³/mol. The highest BCUT2D eigenvalue weighted by molar-refractivity contribution is 7.99. The summed E-state index contributed by atoms with van der Waals surface area (Å²) in [6.07, 6.45) is 5.79. The third-order valence-electron chi connectivity index (χ3n) is 3.97. The first kappa shape index (κ1) is 16.8. The smallest absolute Gasteiger partial charge is 0.242 e. The summed E-state index contributed by atoms with van der Waals surface area (Å²) in [7, 11) is 1.80. The van der Waals surface area contributed by atoms with Gasteiger partial charge in [-0.3, -0.25) is 14.7 Å². The highest BCUT2D eigenvalue weighted by Crippen LogP contribution is 2.24. The van der Waals surface area contributed by atoms with Gasteiger partial charge in [0, 0.05) is 31.7 Å². The molecule has 8 nitrogen and oxygen atoms in total. The summed E-state index contributed by atoms with van der Waals surface area (Å²) < 4.78 is 1.62. The number of likely N-dealkylation sites (tertiary alicyclic amines) is 1. The maximum Gasteiger partial charge on any atom is 0.242 e. The number of carbonyl (C=O) groups excluding carboxylic acids is 1. The standard InChI is InChI=1S/C15H21N7OS/c1-21-15(18-19-20-21)24-10-7-17-14(23)13(22-8-2-3-9-22)12-5-4-6-16-11-12/h4-6,11,13H,2-3,7-10H2,1H3,(H,17,23)/t13-/m1/s1. The Balaban J connectivity index is 1.56. The largest absolute Gasteiger partial charge is 0.354 e. The van der Waals surface area contributed by atoms with Crippen LogP contribution < -0.4 is 5.32 Å². The summed E-state index contributed by atoms with van der Waals surface area (Å²) in [5, 5.41) is 15.1. The van der Waals surface area contributed by atoms with E-state index in [4.69, 9.17) is 0 Å². The van der Waals surface area contributed by atoms with Gasteiger partial charge in [0.1, 0.15) is 6.04 Å². The molecule has 3 heterocycles. The number of pyridine rings is 1. The molecule has 2 aromatic heterocycles. The van der Waals surface area contributed by atoms with Gasteiger partial charge < -0.3 is 5.32 Å². The van der Waals surface area contributed by atoms with E-state index in [9.17, 15) is 4.79 Å². The molecule has 1 atom stereocenters. The Morgan fingerprint density at radius 2 is 2.25 bits per heavy atom. The maximum atomic E-state index is 12.7. The minimum absolute atomic E-state index is 0.0293. The molecule has 0 unspecified atom stereocenters. The second kappa shape index (κ2) is 8.20. The number of nitrogens with one attached hydrogen (secondary N) is 1. The van der Waals surface area contributed by atoms with Crippen LogP contribution in [-0.2, 0) is 11.8 Å². The lowest BCUT2D eigenvalue weighted by atomic mass is 10.1. The molecule has 0 bridgehead atoms. The van der Waals surface area contributed by atoms with Crippen LogP contribution in [0, 0.1) is 0 Å². The molecule has 1 amide bonds. The number of thioether (sulfide) groups is 1. The van der Waals surface area contributed by atoms with E-state index in [1.54, 1.807) is 24.1 Å². The lowest BCUT2D eigenvalue weighted by Crippen LogP contribution is -2.40. The summed E-state index contributed by atoms with van der Waals surface area (Å²) in [6.45, 7) is 2.47. The number of amides is 1. The molecule has 3 rings (SSSR count). The molecule has 9 heteroatoms. The Morgan fingerprint density at radius 1 is 1.42 bits per heavy atom. The normalized spacial score (nSPS) is 16.2. The zero-order valence-corrected chi connectivity index (χ0v) is 14.4. The first-order valence-corrected chi connectivity index (χ1v) is 9.01. The Labute approximate surface area is 145 Å². The minimum Gasteiger partial charge on any atom is -0.354 e. The van der Waals surface area contributed by atoms with Crippen molar-refractivity contribution in [3.63, 3.8) is 0 Å². The second-order valence-electron chi connectivity index (χ2n) is 5.66. The predicted octanol–water partition coefficient (Wildman–Crippen LogP) is 0.650. The van der Waals surface area contributed by atoms with Crippen molar-refractivity contribution in [2.45, 2.75) is 24.0 Å². The van der Waals surface area contributed by atoms with Gasteiger partial charge in [-0.15, -0.1) is 5.10 Å². The molecule has 0 radical (unpaired) electrons. The Bertz CT molecular complexity index is 657. The zero-order chi connectivity index (χ0) is 16.8. The molecule has 0 aromatic carbocycles. The van der Waals surface area contributed by atoms with Crippen molar-refractivity contribution < 1.29 is 4.79 Å². The molecule has 1 saturated heterocycles. The molecule has 0 aliphatic carbocycles. The Hall–Kier alpha value is -2.00. The Kier molecular flexibility index (Phi) is 5.76. The first-order valence-electron chi connectivity index (χ1n) is 8.02. The van der Waals surface area contributed by atoms with E-state index >= 15 is 0 Å². The number of carbonyl (C=O) groups is 1. The number of nitrogens with zero attached hydrogens (tertiary/aromatic N) is 6. The van der Waals surface area contributed by atoms with Crippen LogP contribution in [0.25, 0.3) is 0 Å². The number of aryl methyl sites for hydroxylation is 1. The van der Waals surface area contributed by atoms with Crippen LogP contribution in [0.4, 0.5) is 0 Å². The van der Waals surface area contributed by atoms with Crippen molar-refractivity contribution in [3.8, 4) is 0 Å². The number of aromatic nitrogens is 5. The second-order valence-corrected chi connectivity index (χ2v) is 6.72. The van der Waals surface area contributed by atoms with Crippen LogP contribution >= 0.6 is 11.8 Å². The van der Waals surface area contributed by atoms with Gasteiger partial charge in [0.2, 0.25) is 11.1 Å². The van der Waals surface area contributed by atoms with Gasteiger partial charge in [-0.05, 0) is 48.0 Å². The van der Waals surface area contributed by atoms with Crippen molar-refractivity contribution in [2.75, 3.05) is 25.4 Å². The van der Waals surface area contributed by atoms with Gasteiger partial charge in [-0.25, -0.2) is 4.68 Å². The van der Waals surface area contributed by atoms with Gasteiger partial charge in [-0.2, -0.15) is 0 Å². The van der Waals surface area contributed by atoms with E-state index in [1.807, 2.05) is 12.1 Å². The van der Waals surface area contributed by atoms with Gasteiger partial charge in [0.05, 0.1) is 0 Å². The summed E-state index contributed by atoms with van der Waals surface area (Å²) in [6, 6.07) is 3.58. The molecule has 1 aliphatic rings. The van der Waals surface area contributed by atoms with Crippen molar-refractivity contribution in [2.24, 2.45) is 7.05 Å². The van der Waals surface area contributed by atoms with E-state index in [2.05, 4.69) is 30.7 Å². The fourth-order valence-corrected chi connectivity index (χ4v) is 3.53. The molecule has 24 heavy (non-hydrogen) atoms. The van der Waals surface area contributed by atoms with Crippen LogP contribution in [0.1, 0.15) is 24.4 Å². The first-order chi connectivity index (χ1) is 11.8. The van der Waals surface area contributed by atoms with Crippen molar-refractivity contribution >= 4 is 17.7 Å². The molecular weight excluding hydrogens is 326 g/mol. The molecule has 1 aliphatic heterocycles. The molecule has 0 spiro atoms. The molecule has 0 saturated carbocycles. The SMILES string of the molecule is Cn1nnnc1SCCNC(=O)[C@@H](c1cccnc1)N1CCCC1. The third-order valence-corrected chi connectivity index (χ3v) is 4.98. The van der Waals surface area contributed by atoms with E-state index in [-0.39, 0.29) is 11.9 Å². The fraction of sp³-hybridized carbons (Fsp3) is 0.533. The summed E-state index contributed by atoms with van der Waals surface area (Å²) >= 11 is 1.52. The van der Waals surface area contributed by atoms with E-state index < -0.39 is 0 Å².